The zero-order valence-corrected chi connectivity index (χ0v) is 22.5. The largest absolute Gasteiger partial charge is 0.488 e. The number of rotatable bonds is 9. The predicted molar refractivity (Wildman–Crippen MR) is 146 cm³/mol. The van der Waals surface area contributed by atoms with Crippen molar-refractivity contribution in [3.8, 4) is 5.75 Å². The van der Waals surface area contributed by atoms with E-state index in [1.54, 1.807) is 5.38 Å². The Kier molecular flexibility index (Phi) is 8.80. The third-order valence-corrected chi connectivity index (χ3v) is 6.60. The van der Waals surface area contributed by atoms with Crippen molar-refractivity contribution in [1.82, 2.24) is 10.4 Å². The van der Waals surface area contributed by atoms with Gasteiger partial charge in [-0.15, -0.1) is 11.3 Å². The maximum atomic E-state index is 12.9. The summed E-state index contributed by atoms with van der Waals surface area (Å²) in [6.07, 6.45) is -2.96. The molecule has 0 fully saturated rings. The molecule has 4 rings (SSSR count). The molecule has 4 aromatic rings. The number of aryl methyl sites for hydroxylation is 1. The number of carbonyl (C=O) groups is 1. The molecule has 0 saturated heterocycles. The van der Waals surface area contributed by atoms with Gasteiger partial charge < -0.3 is 10.1 Å². The van der Waals surface area contributed by atoms with E-state index in [-0.39, 0.29) is 18.0 Å². The number of anilines is 2. The van der Waals surface area contributed by atoms with E-state index in [1.165, 1.54) is 35.2 Å². The first kappa shape index (κ1) is 27.3. The first-order valence-electron chi connectivity index (χ1n) is 11.3. The van der Waals surface area contributed by atoms with Crippen LogP contribution in [0.2, 0.25) is 0 Å². The van der Waals surface area contributed by atoms with E-state index in [0.29, 0.717) is 23.2 Å². The number of hydrazone groups is 1. The van der Waals surface area contributed by atoms with Crippen molar-refractivity contribution in [3.05, 3.63) is 105 Å². The molecule has 3 aromatic carbocycles. The van der Waals surface area contributed by atoms with Crippen LogP contribution in [0, 0.1) is 6.92 Å². The number of nitrogens with one attached hydrogen (secondary N) is 2. The summed E-state index contributed by atoms with van der Waals surface area (Å²) in [6, 6.07) is 18.4. The van der Waals surface area contributed by atoms with Gasteiger partial charge in [0.15, 0.2) is 5.13 Å². The minimum atomic E-state index is -4.43. The Morgan fingerprint density at radius 2 is 1.95 bits per heavy atom. The third kappa shape index (κ3) is 7.90. The van der Waals surface area contributed by atoms with E-state index >= 15 is 0 Å². The van der Waals surface area contributed by atoms with Crippen LogP contribution >= 0.6 is 27.3 Å². The Morgan fingerprint density at radius 1 is 1.13 bits per heavy atom. The number of hydrogen-bond donors (Lipinski definition) is 2. The van der Waals surface area contributed by atoms with Gasteiger partial charge in [0.25, 0.3) is 0 Å². The summed E-state index contributed by atoms with van der Waals surface area (Å²) >= 11 is 4.68. The molecule has 1 aromatic heterocycles. The highest BCUT2D eigenvalue weighted by Crippen LogP contribution is 2.32. The van der Waals surface area contributed by atoms with Gasteiger partial charge in [-0.2, -0.15) is 18.3 Å². The summed E-state index contributed by atoms with van der Waals surface area (Å²) in [7, 11) is 0. The molecule has 0 aliphatic rings. The number of amides is 1. The van der Waals surface area contributed by atoms with Crippen molar-refractivity contribution >= 4 is 50.2 Å². The number of halogens is 4. The van der Waals surface area contributed by atoms with Crippen LogP contribution in [0.5, 0.6) is 5.75 Å². The van der Waals surface area contributed by atoms with E-state index < -0.39 is 11.7 Å². The van der Waals surface area contributed by atoms with Gasteiger partial charge in [-0.25, -0.2) is 10.4 Å². The Labute approximate surface area is 229 Å². The first-order valence-corrected chi connectivity index (χ1v) is 13.0. The third-order valence-electron chi connectivity index (χ3n) is 5.17. The van der Waals surface area contributed by atoms with Crippen molar-refractivity contribution in [2.24, 2.45) is 5.10 Å². The van der Waals surface area contributed by atoms with Gasteiger partial charge in [0.05, 0.1) is 28.4 Å². The summed E-state index contributed by atoms with van der Waals surface area (Å²) in [4.78, 5) is 16.5. The Morgan fingerprint density at radius 3 is 2.71 bits per heavy atom. The van der Waals surface area contributed by atoms with Crippen molar-refractivity contribution in [2.45, 2.75) is 26.1 Å². The van der Waals surface area contributed by atoms with E-state index in [2.05, 4.69) is 42.8 Å². The smallest absolute Gasteiger partial charge is 0.416 e. The highest BCUT2D eigenvalue weighted by Gasteiger charge is 2.30. The van der Waals surface area contributed by atoms with Crippen LogP contribution in [-0.4, -0.2) is 17.1 Å². The second-order valence-electron chi connectivity index (χ2n) is 8.29. The molecule has 0 atom stereocenters. The second kappa shape index (κ2) is 12.2. The lowest BCUT2D eigenvalue weighted by molar-refractivity contribution is -0.137. The topological polar surface area (TPSA) is 75.6 Å². The predicted octanol–water partition coefficient (Wildman–Crippen LogP) is 7.25. The number of benzene rings is 3. The molecule has 0 bridgehead atoms. The van der Waals surface area contributed by atoms with Crippen molar-refractivity contribution in [3.63, 3.8) is 0 Å². The lowest BCUT2D eigenvalue weighted by atomic mass is 10.1. The molecule has 0 aliphatic carbocycles. The van der Waals surface area contributed by atoms with Crippen molar-refractivity contribution in [1.29, 1.82) is 0 Å². The van der Waals surface area contributed by atoms with Crippen LogP contribution in [0.15, 0.2) is 81.7 Å². The number of alkyl halides is 3. The summed E-state index contributed by atoms with van der Waals surface area (Å²) in [5, 5.41) is 8.86. The van der Waals surface area contributed by atoms with Crippen LogP contribution in [0.25, 0.3) is 0 Å². The van der Waals surface area contributed by atoms with E-state index in [4.69, 9.17) is 4.74 Å². The zero-order chi connectivity index (χ0) is 27.1. The summed E-state index contributed by atoms with van der Waals surface area (Å²) in [6.45, 7) is 2.47. The van der Waals surface area contributed by atoms with Crippen LogP contribution in [0.4, 0.5) is 24.0 Å². The SMILES string of the molecule is Cc1cccc(COc2ccc(/C=N\NC(=O)Cc3csc(Nc4cccc(C(F)(F)F)c4)n3)cc2Br)c1. The average Bonchev–Trinajstić information content (AvgIpc) is 3.29. The first-order chi connectivity index (χ1) is 18.2. The summed E-state index contributed by atoms with van der Waals surface area (Å²) < 4.78 is 45.3. The number of ether oxygens (including phenoxy) is 1. The van der Waals surface area contributed by atoms with Gasteiger partial charge in [0.2, 0.25) is 5.91 Å². The fraction of sp³-hybridized carbons (Fsp3) is 0.148. The van der Waals surface area contributed by atoms with Gasteiger partial charge in [0.1, 0.15) is 12.4 Å². The standard InChI is InChI=1S/C27H22BrF3N4O2S/c1-17-4-2-5-19(10-17)15-37-24-9-8-18(11-23(24)28)14-32-35-25(36)13-22-16-38-26(34-22)33-21-7-3-6-20(12-21)27(29,30)31/h2-12,14,16H,13,15H2,1H3,(H,33,34)(H,35,36)/b32-14-. The van der Waals surface area contributed by atoms with Gasteiger partial charge in [0, 0.05) is 11.1 Å². The number of nitrogens with zero attached hydrogens (tertiary/aromatic N) is 2. The van der Waals surface area contributed by atoms with Crippen molar-refractivity contribution in [2.75, 3.05) is 5.32 Å². The number of hydrogen-bond acceptors (Lipinski definition) is 6. The molecule has 38 heavy (non-hydrogen) atoms. The number of carbonyl (C=O) groups excluding carboxylic acids is 1. The molecule has 1 heterocycles. The van der Waals surface area contributed by atoms with E-state index in [9.17, 15) is 18.0 Å². The number of aromatic nitrogens is 1. The summed E-state index contributed by atoms with van der Waals surface area (Å²) in [5.74, 6) is 0.306. The fourth-order valence-electron chi connectivity index (χ4n) is 3.40. The van der Waals surface area contributed by atoms with Crippen LogP contribution in [-0.2, 0) is 24.0 Å². The van der Waals surface area contributed by atoms with Crippen LogP contribution < -0.4 is 15.5 Å². The van der Waals surface area contributed by atoms with Gasteiger partial charge in [-0.1, -0.05) is 35.9 Å². The second-order valence-corrected chi connectivity index (χ2v) is 10.00. The Balaban J connectivity index is 1.27. The maximum absolute atomic E-state index is 12.9. The Bertz CT molecular complexity index is 1460. The Hall–Kier alpha value is -3.70. The van der Waals surface area contributed by atoms with Crippen LogP contribution in [0.3, 0.4) is 0 Å². The minimum absolute atomic E-state index is 0.0342. The molecule has 196 valence electrons. The molecule has 0 saturated carbocycles. The van der Waals surface area contributed by atoms with Gasteiger partial charge in [-0.05, 0) is 70.4 Å². The monoisotopic (exact) mass is 602 g/mol. The van der Waals surface area contributed by atoms with Crippen LogP contribution in [0.1, 0.15) is 27.9 Å². The molecular formula is C27H22BrF3N4O2S. The van der Waals surface area contributed by atoms with Gasteiger partial charge in [-0.3, -0.25) is 4.79 Å². The molecule has 0 spiro atoms. The lowest BCUT2D eigenvalue weighted by Gasteiger charge is -2.09. The molecule has 0 unspecified atom stereocenters. The molecule has 0 aliphatic heterocycles. The highest BCUT2D eigenvalue weighted by atomic mass is 79.9. The van der Waals surface area contributed by atoms with E-state index in [1.807, 2.05) is 43.3 Å². The highest BCUT2D eigenvalue weighted by molar-refractivity contribution is 9.10. The fourth-order valence-corrected chi connectivity index (χ4v) is 4.64. The van der Waals surface area contributed by atoms with Gasteiger partial charge >= 0.3 is 6.18 Å². The minimum Gasteiger partial charge on any atom is -0.488 e. The molecule has 6 nitrogen and oxygen atoms in total. The average molecular weight is 603 g/mol. The van der Waals surface area contributed by atoms with E-state index in [0.717, 1.165) is 27.7 Å². The molecule has 0 radical (unpaired) electrons. The normalized spacial score (nSPS) is 11.5. The molecule has 1 amide bonds. The zero-order valence-electron chi connectivity index (χ0n) is 20.1. The van der Waals surface area contributed by atoms with Crippen molar-refractivity contribution < 1.29 is 22.7 Å². The molecule has 11 heteroatoms. The maximum Gasteiger partial charge on any atom is 0.416 e. The molecule has 2 N–H and O–H groups in total. The molecular weight excluding hydrogens is 581 g/mol. The lowest BCUT2D eigenvalue weighted by Crippen LogP contribution is -2.19. The number of thiazole rings is 1. The summed E-state index contributed by atoms with van der Waals surface area (Å²) in [5.41, 5.74) is 5.41. The quantitative estimate of drug-likeness (QED) is 0.156.